The van der Waals surface area contributed by atoms with Crippen LogP contribution < -0.4 is 0 Å². The molecule has 1 N–H and O–H groups in total. The Morgan fingerprint density at radius 3 is 2.61 bits per heavy atom. The second kappa shape index (κ2) is 8.83. The summed E-state index contributed by atoms with van der Waals surface area (Å²) in [6, 6.07) is 17.5. The lowest BCUT2D eigenvalue weighted by Crippen LogP contribution is -2.30. The van der Waals surface area contributed by atoms with Gasteiger partial charge in [-0.25, -0.2) is 4.79 Å². The van der Waals surface area contributed by atoms with Gasteiger partial charge in [-0.3, -0.25) is 14.5 Å². The Hall–Kier alpha value is -3.29. The molecular weight excluding hydrogens is 438 g/mol. The van der Waals surface area contributed by atoms with E-state index in [4.69, 9.17) is 16.0 Å². The van der Waals surface area contributed by atoms with Crippen LogP contribution in [0.1, 0.15) is 21.7 Å². The first-order chi connectivity index (χ1) is 14.9. The summed E-state index contributed by atoms with van der Waals surface area (Å²) >= 11 is 6.78. The maximum Gasteiger partial charge on any atom is 0.337 e. The molecule has 6 nitrogen and oxygen atoms in total. The lowest BCUT2D eigenvalue weighted by molar-refractivity contribution is -0.122. The zero-order valence-corrected chi connectivity index (χ0v) is 17.7. The van der Waals surface area contributed by atoms with Gasteiger partial charge in [-0.15, -0.1) is 0 Å². The van der Waals surface area contributed by atoms with Crippen molar-refractivity contribution in [3.8, 4) is 11.3 Å². The zero-order chi connectivity index (χ0) is 22.0. The van der Waals surface area contributed by atoms with Gasteiger partial charge in [-0.1, -0.05) is 41.9 Å². The molecule has 1 aliphatic heterocycles. The van der Waals surface area contributed by atoms with Crippen LogP contribution in [0.4, 0.5) is 4.79 Å². The van der Waals surface area contributed by atoms with Crippen molar-refractivity contribution in [2.24, 2.45) is 0 Å². The highest BCUT2D eigenvalue weighted by Crippen LogP contribution is 2.34. The van der Waals surface area contributed by atoms with E-state index in [1.54, 1.807) is 18.2 Å². The predicted octanol–water partition coefficient (Wildman–Crippen LogP) is 5.58. The summed E-state index contributed by atoms with van der Waals surface area (Å²) in [7, 11) is 0. The standard InChI is InChI=1S/C23H16ClNO5S/c24-18-8-6-15(12-17(18)22(27)28)19-9-7-16(30-19)13-20-21(26)25(23(29)31-20)11-10-14-4-2-1-3-5-14/h1-9,12-13H,10-11H2,(H,27,28)/b20-13+. The molecule has 2 aromatic carbocycles. The molecule has 2 amide bonds. The van der Waals surface area contributed by atoms with Gasteiger partial charge in [-0.2, -0.15) is 0 Å². The average molecular weight is 454 g/mol. The van der Waals surface area contributed by atoms with E-state index in [-0.39, 0.29) is 26.6 Å². The van der Waals surface area contributed by atoms with Gasteiger partial charge in [0.25, 0.3) is 11.1 Å². The number of thioether (sulfide) groups is 1. The van der Waals surface area contributed by atoms with Gasteiger partial charge in [0.1, 0.15) is 11.5 Å². The van der Waals surface area contributed by atoms with Crippen LogP contribution in [0.2, 0.25) is 5.02 Å². The normalized spacial score (nSPS) is 15.1. The molecule has 1 fully saturated rings. The summed E-state index contributed by atoms with van der Waals surface area (Å²) < 4.78 is 5.75. The number of carboxylic acid groups (broad SMARTS) is 1. The topological polar surface area (TPSA) is 87.8 Å². The van der Waals surface area contributed by atoms with Crippen molar-refractivity contribution in [1.29, 1.82) is 0 Å². The lowest BCUT2D eigenvalue weighted by atomic mass is 10.1. The molecule has 8 heteroatoms. The number of imide groups is 1. The van der Waals surface area contributed by atoms with Gasteiger partial charge < -0.3 is 9.52 Å². The van der Waals surface area contributed by atoms with Gasteiger partial charge >= 0.3 is 5.97 Å². The number of benzene rings is 2. The van der Waals surface area contributed by atoms with Crippen molar-refractivity contribution in [3.63, 3.8) is 0 Å². The van der Waals surface area contributed by atoms with Gasteiger partial charge in [0.2, 0.25) is 0 Å². The van der Waals surface area contributed by atoms with E-state index in [0.29, 0.717) is 30.0 Å². The molecule has 0 saturated carbocycles. The minimum atomic E-state index is -1.14. The number of carbonyl (C=O) groups is 3. The van der Waals surface area contributed by atoms with E-state index in [0.717, 1.165) is 17.3 Å². The van der Waals surface area contributed by atoms with Crippen molar-refractivity contribution in [2.75, 3.05) is 6.54 Å². The lowest BCUT2D eigenvalue weighted by Gasteiger charge is -2.11. The quantitative estimate of drug-likeness (QED) is 0.490. The number of hydrogen-bond acceptors (Lipinski definition) is 5. The largest absolute Gasteiger partial charge is 0.478 e. The van der Waals surface area contributed by atoms with Gasteiger partial charge in [0.15, 0.2) is 0 Å². The fraction of sp³-hybridized carbons (Fsp3) is 0.0870. The Bertz CT molecular complexity index is 1200. The molecule has 2 heterocycles. The van der Waals surface area contributed by atoms with Crippen molar-refractivity contribution in [3.05, 3.63) is 87.5 Å². The molecule has 0 atom stereocenters. The zero-order valence-electron chi connectivity index (χ0n) is 16.1. The first-order valence-corrected chi connectivity index (χ1v) is 10.5. The molecule has 4 rings (SSSR count). The number of carboxylic acids is 1. The third-order valence-electron chi connectivity index (χ3n) is 4.72. The van der Waals surface area contributed by atoms with Crippen LogP contribution in [0.25, 0.3) is 17.4 Å². The Morgan fingerprint density at radius 1 is 1.10 bits per heavy atom. The fourth-order valence-electron chi connectivity index (χ4n) is 3.14. The molecule has 31 heavy (non-hydrogen) atoms. The number of rotatable bonds is 6. The Balaban J connectivity index is 1.50. The predicted molar refractivity (Wildman–Crippen MR) is 119 cm³/mol. The number of halogens is 1. The number of aromatic carboxylic acids is 1. The molecule has 3 aromatic rings. The van der Waals surface area contributed by atoms with Crippen LogP contribution in [-0.2, 0) is 11.2 Å². The van der Waals surface area contributed by atoms with Crippen molar-refractivity contribution in [2.45, 2.75) is 6.42 Å². The molecule has 156 valence electrons. The van der Waals surface area contributed by atoms with Crippen molar-refractivity contribution in [1.82, 2.24) is 4.90 Å². The summed E-state index contributed by atoms with van der Waals surface area (Å²) in [5.74, 6) is -0.685. The Morgan fingerprint density at radius 2 is 1.87 bits per heavy atom. The monoisotopic (exact) mass is 453 g/mol. The Kier molecular flexibility index (Phi) is 5.97. The Labute approximate surface area is 187 Å². The van der Waals surface area contributed by atoms with Crippen LogP contribution in [-0.4, -0.2) is 33.7 Å². The summed E-state index contributed by atoms with van der Waals surface area (Å²) in [6.45, 7) is 0.304. The number of hydrogen-bond donors (Lipinski definition) is 1. The number of carbonyl (C=O) groups excluding carboxylic acids is 2. The molecule has 1 saturated heterocycles. The van der Waals surface area contributed by atoms with E-state index < -0.39 is 5.97 Å². The highest BCUT2D eigenvalue weighted by atomic mass is 35.5. The molecule has 1 aliphatic rings. The van der Waals surface area contributed by atoms with Gasteiger partial charge in [0, 0.05) is 18.2 Å². The van der Waals surface area contributed by atoms with Crippen LogP contribution in [0, 0.1) is 0 Å². The van der Waals surface area contributed by atoms with Crippen LogP contribution in [0.15, 0.2) is 70.0 Å². The van der Waals surface area contributed by atoms with Gasteiger partial charge in [0.05, 0.1) is 15.5 Å². The SMILES string of the molecule is O=C(O)c1cc(-c2ccc(/C=C3/SC(=O)N(CCc4ccccc4)C3=O)o2)ccc1Cl. The first kappa shape index (κ1) is 21.0. The van der Waals surface area contributed by atoms with E-state index >= 15 is 0 Å². The maximum absolute atomic E-state index is 12.7. The van der Waals surface area contributed by atoms with Crippen molar-refractivity contribution >= 4 is 46.6 Å². The van der Waals surface area contributed by atoms with E-state index in [2.05, 4.69) is 0 Å². The second-order valence-electron chi connectivity index (χ2n) is 6.77. The van der Waals surface area contributed by atoms with E-state index in [1.807, 2.05) is 30.3 Å². The highest BCUT2D eigenvalue weighted by Gasteiger charge is 2.34. The summed E-state index contributed by atoms with van der Waals surface area (Å²) in [5.41, 5.74) is 1.55. The van der Waals surface area contributed by atoms with Crippen molar-refractivity contribution < 1.29 is 23.9 Å². The van der Waals surface area contributed by atoms with Crippen LogP contribution >= 0.6 is 23.4 Å². The first-order valence-electron chi connectivity index (χ1n) is 9.35. The summed E-state index contributed by atoms with van der Waals surface area (Å²) in [5, 5.41) is 9.04. The minimum absolute atomic E-state index is 0.0309. The highest BCUT2D eigenvalue weighted by molar-refractivity contribution is 8.18. The number of nitrogens with zero attached hydrogens (tertiary/aromatic N) is 1. The van der Waals surface area contributed by atoms with Crippen LogP contribution in [0.5, 0.6) is 0 Å². The number of furan rings is 1. The molecule has 1 aromatic heterocycles. The van der Waals surface area contributed by atoms with Gasteiger partial charge in [-0.05, 0) is 54.1 Å². The molecular formula is C23H16ClNO5S. The molecule has 0 aliphatic carbocycles. The molecule has 0 unspecified atom stereocenters. The second-order valence-corrected chi connectivity index (χ2v) is 8.17. The molecule has 0 radical (unpaired) electrons. The number of amides is 2. The summed E-state index contributed by atoms with van der Waals surface area (Å²) in [4.78, 5) is 37.8. The van der Waals surface area contributed by atoms with Crippen LogP contribution in [0.3, 0.4) is 0 Å². The molecule has 0 spiro atoms. The third kappa shape index (κ3) is 4.57. The third-order valence-corrected chi connectivity index (χ3v) is 5.96. The average Bonchev–Trinajstić information content (AvgIpc) is 3.32. The van der Waals surface area contributed by atoms with E-state index in [1.165, 1.54) is 23.1 Å². The minimum Gasteiger partial charge on any atom is -0.478 e. The smallest absolute Gasteiger partial charge is 0.337 e. The summed E-state index contributed by atoms with van der Waals surface area (Å²) in [6.07, 6.45) is 2.10. The maximum atomic E-state index is 12.7. The van der Waals surface area contributed by atoms with E-state index in [9.17, 15) is 19.5 Å². The fourth-order valence-corrected chi connectivity index (χ4v) is 4.18. The molecule has 0 bridgehead atoms.